The van der Waals surface area contributed by atoms with Gasteiger partial charge in [-0.3, -0.25) is 9.59 Å². The molecule has 0 heterocycles. The second kappa shape index (κ2) is 8.27. The molecule has 0 bridgehead atoms. The second-order valence-corrected chi connectivity index (χ2v) is 4.15. The average Bonchev–Trinajstić information content (AvgIpc) is 2.13. The molecule has 0 aliphatic heterocycles. The predicted octanol–water partition coefficient (Wildman–Crippen LogP) is 2.04. The summed E-state index contributed by atoms with van der Waals surface area (Å²) >= 11 is 0. The summed E-state index contributed by atoms with van der Waals surface area (Å²) in [7, 11) is 2.11. The molecule has 2 amide bonds. The quantitative estimate of drug-likeness (QED) is 0.236. The van der Waals surface area contributed by atoms with Crippen LogP contribution >= 0.6 is 21.6 Å². The van der Waals surface area contributed by atoms with Crippen LogP contribution in [0.3, 0.4) is 0 Å². The average molecular weight is 232 g/mol. The number of azide groups is 2. The van der Waals surface area contributed by atoms with Gasteiger partial charge in [-0.15, -0.1) is 0 Å². The zero-order valence-corrected chi connectivity index (χ0v) is 8.36. The highest BCUT2D eigenvalue weighted by molar-refractivity contribution is 8.77. The van der Waals surface area contributed by atoms with E-state index in [9.17, 15) is 9.59 Å². The number of hydrogen-bond acceptors (Lipinski definition) is 4. The minimum Gasteiger partial charge on any atom is -0.292 e. The lowest BCUT2D eigenvalue weighted by Gasteiger charge is -1.93. The summed E-state index contributed by atoms with van der Waals surface area (Å²) in [5.41, 5.74) is 15.7. The van der Waals surface area contributed by atoms with Crippen molar-refractivity contribution in [2.45, 2.75) is 0 Å². The van der Waals surface area contributed by atoms with Gasteiger partial charge in [0.05, 0.1) is 11.5 Å². The largest absolute Gasteiger partial charge is 0.292 e. The van der Waals surface area contributed by atoms with E-state index in [0.29, 0.717) is 0 Å². The zero-order chi connectivity index (χ0) is 10.8. The van der Waals surface area contributed by atoms with E-state index in [-0.39, 0.29) is 11.5 Å². The molecule has 0 aromatic rings. The van der Waals surface area contributed by atoms with Crippen molar-refractivity contribution in [1.82, 2.24) is 0 Å². The van der Waals surface area contributed by atoms with Crippen LogP contribution in [0.1, 0.15) is 0 Å². The van der Waals surface area contributed by atoms with Crippen molar-refractivity contribution >= 4 is 33.4 Å². The smallest absolute Gasteiger partial charge is 0.229 e. The van der Waals surface area contributed by atoms with Crippen LogP contribution in [-0.2, 0) is 9.59 Å². The fourth-order valence-electron chi connectivity index (χ4n) is 0.342. The molecule has 0 rings (SSSR count). The van der Waals surface area contributed by atoms with E-state index < -0.39 is 11.8 Å². The van der Waals surface area contributed by atoms with Gasteiger partial charge in [-0.05, 0) is 21.3 Å². The molecule has 10 heteroatoms. The Kier molecular flexibility index (Phi) is 7.48. The third-order valence-electron chi connectivity index (χ3n) is 0.761. The summed E-state index contributed by atoms with van der Waals surface area (Å²) in [5, 5.41) is 5.64. The Hall–Kier alpha value is -1.34. The molecule has 0 fully saturated rings. The van der Waals surface area contributed by atoms with Crippen LogP contribution in [0.4, 0.5) is 0 Å². The summed E-state index contributed by atoms with van der Waals surface area (Å²) in [6, 6.07) is 0. The summed E-state index contributed by atoms with van der Waals surface area (Å²) < 4.78 is 0. The van der Waals surface area contributed by atoms with Gasteiger partial charge in [0, 0.05) is 9.82 Å². The maximum absolute atomic E-state index is 10.6. The molecule has 0 atom stereocenters. The predicted molar refractivity (Wildman–Crippen MR) is 53.2 cm³/mol. The molecule has 0 saturated carbocycles. The van der Waals surface area contributed by atoms with Crippen LogP contribution in [-0.4, -0.2) is 23.3 Å². The monoisotopic (exact) mass is 232 g/mol. The Morgan fingerprint density at radius 3 is 1.64 bits per heavy atom. The lowest BCUT2D eigenvalue weighted by Crippen LogP contribution is -1.96. The highest BCUT2D eigenvalue weighted by Gasteiger charge is 2.01. The first-order valence-corrected chi connectivity index (χ1v) is 5.59. The Labute approximate surface area is 86.1 Å². The molecule has 14 heavy (non-hydrogen) atoms. The van der Waals surface area contributed by atoms with E-state index in [1.54, 1.807) is 0 Å². The minimum absolute atomic E-state index is 0.0156. The van der Waals surface area contributed by atoms with Gasteiger partial charge >= 0.3 is 0 Å². The third-order valence-corrected chi connectivity index (χ3v) is 2.86. The normalized spacial score (nSPS) is 8.29. The topological polar surface area (TPSA) is 132 Å². The Bertz CT molecular complexity index is 286. The number of nitrogens with zero attached hydrogens (tertiary/aromatic N) is 6. The van der Waals surface area contributed by atoms with Gasteiger partial charge in [-0.2, -0.15) is 0 Å². The summed E-state index contributed by atoms with van der Waals surface area (Å²) in [6.07, 6.45) is 0. The number of carbonyl (C=O) groups is 2. The van der Waals surface area contributed by atoms with Crippen molar-refractivity contribution in [1.29, 1.82) is 0 Å². The minimum atomic E-state index is -0.610. The molecule has 0 saturated heterocycles. The van der Waals surface area contributed by atoms with Gasteiger partial charge in [-0.1, -0.05) is 21.6 Å². The van der Waals surface area contributed by atoms with Gasteiger partial charge < -0.3 is 0 Å². The number of hydrogen-bond donors (Lipinski definition) is 0. The van der Waals surface area contributed by atoms with E-state index in [1.807, 2.05) is 0 Å². The van der Waals surface area contributed by atoms with Crippen molar-refractivity contribution in [3.05, 3.63) is 20.9 Å². The first-order valence-electron chi connectivity index (χ1n) is 3.11. The van der Waals surface area contributed by atoms with Crippen molar-refractivity contribution < 1.29 is 9.59 Å². The zero-order valence-electron chi connectivity index (χ0n) is 6.73. The molecule has 0 radical (unpaired) electrons. The van der Waals surface area contributed by atoms with E-state index in [1.165, 1.54) is 0 Å². The third kappa shape index (κ3) is 7.32. The highest BCUT2D eigenvalue weighted by atomic mass is 33.1. The van der Waals surface area contributed by atoms with Crippen LogP contribution in [0, 0.1) is 0 Å². The Balaban J connectivity index is 3.56. The van der Waals surface area contributed by atoms with Crippen molar-refractivity contribution in [2.24, 2.45) is 10.2 Å². The lowest BCUT2D eigenvalue weighted by atomic mass is 10.8. The van der Waals surface area contributed by atoms with Crippen molar-refractivity contribution in [3.63, 3.8) is 0 Å². The fraction of sp³-hybridized carbons (Fsp3) is 0.500. The van der Waals surface area contributed by atoms with E-state index in [2.05, 4.69) is 20.1 Å². The maximum atomic E-state index is 10.6. The number of amides is 2. The van der Waals surface area contributed by atoms with E-state index in [4.69, 9.17) is 11.1 Å². The fourth-order valence-corrected chi connectivity index (χ4v) is 1.93. The number of rotatable bonds is 5. The first-order chi connectivity index (χ1) is 6.70. The molecule has 8 nitrogen and oxygen atoms in total. The summed E-state index contributed by atoms with van der Waals surface area (Å²) in [6.45, 7) is 0. The van der Waals surface area contributed by atoms with Crippen molar-refractivity contribution in [2.75, 3.05) is 11.5 Å². The number of carbonyl (C=O) groups excluding carboxylic acids is 2. The van der Waals surface area contributed by atoms with Crippen LogP contribution in [0.5, 0.6) is 0 Å². The molecule has 0 N–H and O–H groups in total. The van der Waals surface area contributed by atoms with Gasteiger partial charge in [0.1, 0.15) is 0 Å². The SMILES string of the molecule is [N-]=[N+]=NC(=O)CSSCC(=O)N=[N+]=[N-]. The molecule has 0 aliphatic carbocycles. The summed E-state index contributed by atoms with van der Waals surface area (Å²) in [5.74, 6) is -1.25. The van der Waals surface area contributed by atoms with E-state index in [0.717, 1.165) is 21.6 Å². The molecule has 0 spiro atoms. The van der Waals surface area contributed by atoms with Gasteiger partial charge in [0.25, 0.3) is 0 Å². The van der Waals surface area contributed by atoms with Gasteiger partial charge in [0.15, 0.2) is 0 Å². The molecule has 0 aromatic heterocycles. The van der Waals surface area contributed by atoms with E-state index >= 15 is 0 Å². The van der Waals surface area contributed by atoms with Crippen LogP contribution in [0.2, 0.25) is 0 Å². The van der Waals surface area contributed by atoms with Gasteiger partial charge in [-0.25, -0.2) is 0 Å². The second-order valence-electron chi connectivity index (χ2n) is 1.69. The van der Waals surface area contributed by atoms with Crippen molar-refractivity contribution in [3.8, 4) is 0 Å². The van der Waals surface area contributed by atoms with Gasteiger partial charge in [0.2, 0.25) is 11.8 Å². The first kappa shape index (κ1) is 12.7. The molecule has 0 unspecified atom stereocenters. The Morgan fingerprint density at radius 1 is 1.00 bits per heavy atom. The summed E-state index contributed by atoms with van der Waals surface area (Å²) in [4.78, 5) is 25.8. The molecular weight excluding hydrogens is 228 g/mol. The van der Waals surface area contributed by atoms with Crippen LogP contribution in [0.15, 0.2) is 10.2 Å². The molecule has 74 valence electrons. The highest BCUT2D eigenvalue weighted by Crippen LogP contribution is 2.21. The van der Waals surface area contributed by atoms with Crippen LogP contribution < -0.4 is 0 Å². The standard InChI is InChI=1S/C4H4N6O2S2/c5-9-7-3(11)1-13-14-2-4(12)8-10-6/h1-2H2. The lowest BCUT2D eigenvalue weighted by molar-refractivity contribution is -0.116. The molecule has 0 aromatic carbocycles. The van der Waals surface area contributed by atoms with Crippen LogP contribution in [0.25, 0.3) is 20.9 Å². The molecule has 0 aliphatic rings. The maximum Gasteiger partial charge on any atom is 0.229 e. The molecular formula is C4H4N6O2S2. The Morgan fingerprint density at radius 2 is 1.36 bits per heavy atom.